The predicted octanol–water partition coefficient (Wildman–Crippen LogP) is 2.69. The highest BCUT2D eigenvalue weighted by atomic mass is 19.1. The van der Waals surface area contributed by atoms with Crippen LogP contribution in [-0.4, -0.2) is 30.6 Å². The molecule has 1 aliphatic heterocycles. The standard InChI is InChI=1S/C14H21F2N3/c1-9(2)19-4-3-10(8-19)7-18-14-12(15)5-11(17)6-13(14)16/h5-6,9-10,18H,3-4,7-8,17H2,1-2H3. The highest BCUT2D eigenvalue weighted by molar-refractivity contribution is 5.54. The molecule has 0 bridgehead atoms. The molecule has 0 aromatic heterocycles. The van der Waals surface area contributed by atoms with Crippen molar-refractivity contribution < 1.29 is 8.78 Å². The van der Waals surface area contributed by atoms with Gasteiger partial charge < -0.3 is 16.0 Å². The molecule has 19 heavy (non-hydrogen) atoms. The Hall–Kier alpha value is -1.36. The first-order valence-electron chi connectivity index (χ1n) is 6.69. The van der Waals surface area contributed by atoms with Crippen LogP contribution in [0.4, 0.5) is 20.2 Å². The molecule has 0 saturated carbocycles. The molecule has 1 aromatic rings. The third-order valence-corrected chi connectivity index (χ3v) is 3.68. The lowest BCUT2D eigenvalue weighted by Crippen LogP contribution is -2.29. The van der Waals surface area contributed by atoms with Crippen LogP contribution in [0.2, 0.25) is 0 Å². The van der Waals surface area contributed by atoms with Crippen LogP contribution in [0.25, 0.3) is 0 Å². The lowest BCUT2D eigenvalue weighted by atomic mass is 10.1. The number of nitrogens with one attached hydrogen (secondary N) is 1. The molecule has 0 aliphatic carbocycles. The Morgan fingerprint density at radius 1 is 1.37 bits per heavy atom. The Balaban J connectivity index is 1.93. The van der Waals surface area contributed by atoms with E-state index in [9.17, 15) is 8.78 Å². The van der Waals surface area contributed by atoms with Crippen LogP contribution >= 0.6 is 0 Å². The van der Waals surface area contributed by atoms with Crippen molar-refractivity contribution in [2.24, 2.45) is 5.92 Å². The van der Waals surface area contributed by atoms with Crippen LogP contribution in [0.3, 0.4) is 0 Å². The monoisotopic (exact) mass is 269 g/mol. The third kappa shape index (κ3) is 3.35. The van der Waals surface area contributed by atoms with Crippen LogP contribution in [0.1, 0.15) is 20.3 Å². The molecule has 0 amide bonds. The number of anilines is 2. The van der Waals surface area contributed by atoms with Gasteiger partial charge in [0.15, 0.2) is 11.6 Å². The summed E-state index contributed by atoms with van der Waals surface area (Å²) >= 11 is 0. The molecule has 1 fully saturated rings. The van der Waals surface area contributed by atoms with Crippen molar-refractivity contribution in [3.8, 4) is 0 Å². The number of rotatable bonds is 4. The molecule has 106 valence electrons. The van der Waals surface area contributed by atoms with Gasteiger partial charge in [-0.25, -0.2) is 8.78 Å². The molecular weight excluding hydrogens is 248 g/mol. The zero-order valence-electron chi connectivity index (χ0n) is 11.4. The van der Waals surface area contributed by atoms with Gasteiger partial charge in [-0.05, 0) is 44.9 Å². The minimum absolute atomic E-state index is 0.0720. The predicted molar refractivity (Wildman–Crippen MR) is 74.1 cm³/mol. The Labute approximate surface area is 112 Å². The second kappa shape index (κ2) is 5.74. The summed E-state index contributed by atoms with van der Waals surface area (Å²) in [4.78, 5) is 2.38. The molecule has 3 N–H and O–H groups in total. The van der Waals surface area contributed by atoms with Gasteiger partial charge in [0.25, 0.3) is 0 Å². The molecule has 0 radical (unpaired) electrons. The lowest BCUT2D eigenvalue weighted by molar-refractivity contribution is 0.266. The first kappa shape index (κ1) is 14.1. The minimum Gasteiger partial charge on any atom is -0.399 e. The topological polar surface area (TPSA) is 41.3 Å². The molecule has 1 saturated heterocycles. The largest absolute Gasteiger partial charge is 0.399 e. The summed E-state index contributed by atoms with van der Waals surface area (Å²) in [5.41, 5.74) is 5.42. The molecule has 3 nitrogen and oxygen atoms in total. The van der Waals surface area contributed by atoms with Crippen LogP contribution in [0, 0.1) is 17.6 Å². The summed E-state index contributed by atoms with van der Waals surface area (Å²) in [7, 11) is 0. The normalized spacial score (nSPS) is 20.2. The van der Waals surface area contributed by atoms with E-state index in [-0.39, 0.29) is 11.4 Å². The average Bonchev–Trinajstić information content (AvgIpc) is 2.76. The smallest absolute Gasteiger partial charge is 0.151 e. The molecule has 1 atom stereocenters. The summed E-state index contributed by atoms with van der Waals surface area (Å²) in [6.45, 7) is 6.94. The van der Waals surface area contributed by atoms with Gasteiger partial charge in [-0.3, -0.25) is 0 Å². The highest BCUT2D eigenvalue weighted by Crippen LogP contribution is 2.24. The molecule has 0 spiro atoms. The average molecular weight is 269 g/mol. The summed E-state index contributed by atoms with van der Waals surface area (Å²) in [6.07, 6.45) is 1.06. The number of benzene rings is 1. The van der Waals surface area contributed by atoms with Gasteiger partial charge in [0.1, 0.15) is 5.69 Å². The van der Waals surface area contributed by atoms with Crippen molar-refractivity contribution in [2.45, 2.75) is 26.3 Å². The summed E-state index contributed by atoms with van der Waals surface area (Å²) in [5, 5.41) is 2.88. The van der Waals surface area contributed by atoms with Crippen LogP contribution in [0.5, 0.6) is 0 Å². The van der Waals surface area contributed by atoms with Gasteiger partial charge in [-0.2, -0.15) is 0 Å². The van der Waals surface area contributed by atoms with Crippen LogP contribution < -0.4 is 11.1 Å². The van der Waals surface area contributed by atoms with E-state index < -0.39 is 11.6 Å². The molecule has 5 heteroatoms. The number of nitrogens with zero attached hydrogens (tertiary/aromatic N) is 1. The van der Waals surface area contributed by atoms with E-state index in [1.807, 2.05) is 0 Å². The zero-order chi connectivity index (χ0) is 14.0. The van der Waals surface area contributed by atoms with Crippen molar-refractivity contribution in [1.29, 1.82) is 0 Å². The van der Waals surface area contributed by atoms with E-state index in [0.717, 1.165) is 31.6 Å². The molecule has 1 aliphatic rings. The van der Waals surface area contributed by atoms with Crippen molar-refractivity contribution in [2.75, 3.05) is 30.7 Å². The Bertz CT molecular complexity index is 425. The van der Waals surface area contributed by atoms with Crippen molar-refractivity contribution in [3.63, 3.8) is 0 Å². The SMILES string of the molecule is CC(C)N1CCC(CNc2c(F)cc(N)cc2F)C1. The van der Waals surface area contributed by atoms with Crippen molar-refractivity contribution in [1.82, 2.24) is 4.90 Å². The fourth-order valence-corrected chi connectivity index (χ4v) is 2.51. The Morgan fingerprint density at radius 3 is 2.53 bits per heavy atom. The maximum Gasteiger partial charge on any atom is 0.151 e. The van der Waals surface area contributed by atoms with E-state index >= 15 is 0 Å². The number of nitrogen functional groups attached to an aromatic ring is 1. The van der Waals surface area contributed by atoms with Gasteiger partial charge in [-0.15, -0.1) is 0 Å². The number of hydrogen-bond acceptors (Lipinski definition) is 3. The molecule has 2 rings (SSSR count). The fourth-order valence-electron chi connectivity index (χ4n) is 2.51. The van der Waals surface area contributed by atoms with Crippen molar-refractivity contribution in [3.05, 3.63) is 23.8 Å². The zero-order valence-corrected chi connectivity index (χ0v) is 11.4. The summed E-state index contributed by atoms with van der Waals surface area (Å²) in [5.74, 6) is -0.828. The van der Waals surface area contributed by atoms with Crippen LogP contribution in [-0.2, 0) is 0 Å². The Kier molecular flexibility index (Phi) is 4.24. The minimum atomic E-state index is -0.629. The lowest BCUT2D eigenvalue weighted by Gasteiger charge is -2.20. The number of likely N-dealkylation sites (tertiary alicyclic amines) is 1. The fraction of sp³-hybridized carbons (Fsp3) is 0.571. The molecule has 1 unspecified atom stereocenters. The van der Waals surface area contributed by atoms with Gasteiger partial charge in [0.05, 0.1) is 0 Å². The first-order valence-corrected chi connectivity index (χ1v) is 6.69. The first-order chi connectivity index (χ1) is 8.97. The highest BCUT2D eigenvalue weighted by Gasteiger charge is 2.24. The van der Waals surface area contributed by atoms with Gasteiger partial charge in [-0.1, -0.05) is 0 Å². The molecule has 1 aromatic carbocycles. The maximum absolute atomic E-state index is 13.6. The quantitative estimate of drug-likeness (QED) is 0.826. The number of hydrogen-bond donors (Lipinski definition) is 2. The van der Waals surface area contributed by atoms with E-state index in [2.05, 4.69) is 24.1 Å². The summed E-state index contributed by atoms with van der Waals surface area (Å²) < 4.78 is 27.2. The molecular formula is C14H21F2N3. The Morgan fingerprint density at radius 2 is 2.00 bits per heavy atom. The van der Waals surface area contributed by atoms with E-state index in [1.54, 1.807) is 0 Å². The third-order valence-electron chi connectivity index (χ3n) is 3.68. The molecule has 1 heterocycles. The second-order valence-corrected chi connectivity index (χ2v) is 5.48. The maximum atomic E-state index is 13.6. The van der Waals surface area contributed by atoms with Crippen LogP contribution in [0.15, 0.2) is 12.1 Å². The van der Waals surface area contributed by atoms with E-state index in [4.69, 9.17) is 5.73 Å². The van der Waals surface area contributed by atoms with E-state index in [1.165, 1.54) is 0 Å². The summed E-state index contributed by atoms with van der Waals surface area (Å²) in [6, 6.07) is 2.80. The van der Waals surface area contributed by atoms with Gasteiger partial charge >= 0.3 is 0 Å². The van der Waals surface area contributed by atoms with Gasteiger partial charge in [0, 0.05) is 24.8 Å². The van der Waals surface area contributed by atoms with E-state index in [0.29, 0.717) is 18.5 Å². The van der Waals surface area contributed by atoms with Crippen molar-refractivity contribution >= 4 is 11.4 Å². The number of nitrogens with two attached hydrogens (primary N) is 1. The second-order valence-electron chi connectivity index (χ2n) is 5.48. The number of halogens is 2. The van der Waals surface area contributed by atoms with Gasteiger partial charge in [0.2, 0.25) is 0 Å².